The van der Waals surface area contributed by atoms with Crippen LogP contribution in [0.25, 0.3) is 0 Å². The third-order valence-corrected chi connectivity index (χ3v) is 2.29. The van der Waals surface area contributed by atoms with Crippen molar-refractivity contribution >= 4 is 0 Å². The molecule has 0 saturated heterocycles. The minimum absolute atomic E-state index is 0.217. The third-order valence-electron chi connectivity index (χ3n) is 2.29. The van der Waals surface area contributed by atoms with Gasteiger partial charge in [0.25, 0.3) is 0 Å². The van der Waals surface area contributed by atoms with Crippen molar-refractivity contribution in [3.8, 4) is 0 Å². The summed E-state index contributed by atoms with van der Waals surface area (Å²) in [4.78, 5) is 4.07. The van der Waals surface area contributed by atoms with Crippen LogP contribution in [-0.4, -0.2) is 24.2 Å². The Morgan fingerprint density at radius 3 is 3.07 bits per heavy atom. The molecule has 15 heavy (non-hydrogen) atoms. The second-order valence-corrected chi connectivity index (χ2v) is 3.66. The summed E-state index contributed by atoms with van der Waals surface area (Å²) in [7, 11) is 0. The van der Waals surface area contributed by atoms with Gasteiger partial charge in [0, 0.05) is 31.6 Å². The second kappa shape index (κ2) is 7.37. The molecule has 1 atom stereocenters. The Morgan fingerprint density at radius 1 is 1.53 bits per heavy atom. The molecule has 3 heteroatoms. The zero-order valence-electron chi connectivity index (χ0n) is 9.36. The van der Waals surface area contributed by atoms with Crippen LogP contribution in [0.1, 0.15) is 25.3 Å². The molecule has 1 heterocycles. The lowest BCUT2D eigenvalue weighted by Gasteiger charge is -2.10. The molecule has 1 unspecified atom stereocenters. The van der Waals surface area contributed by atoms with E-state index in [0.29, 0.717) is 0 Å². The largest absolute Gasteiger partial charge is 0.382 e. The molecule has 0 aromatic carbocycles. The predicted molar refractivity (Wildman–Crippen MR) is 61.6 cm³/mol. The van der Waals surface area contributed by atoms with Gasteiger partial charge in [-0.15, -0.1) is 0 Å². The molecule has 0 spiro atoms. The lowest BCUT2D eigenvalue weighted by molar-refractivity contribution is 0.142. The summed E-state index contributed by atoms with van der Waals surface area (Å²) >= 11 is 0. The maximum absolute atomic E-state index is 6.00. The molecule has 1 aromatic rings. The van der Waals surface area contributed by atoms with Crippen LogP contribution in [0.15, 0.2) is 24.5 Å². The van der Waals surface area contributed by atoms with E-state index in [4.69, 9.17) is 10.5 Å². The summed E-state index contributed by atoms with van der Waals surface area (Å²) in [6.45, 7) is 3.62. The van der Waals surface area contributed by atoms with Crippen molar-refractivity contribution in [3.63, 3.8) is 0 Å². The van der Waals surface area contributed by atoms with Crippen molar-refractivity contribution in [2.45, 2.75) is 32.2 Å². The first kappa shape index (κ1) is 12.1. The molecule has 0 aliphatic heterocycles. The molecule has 0 fully saturated rings. The molecule has 0 radical (unpaired) electrons. The van der Waals surface area contributed by atoms with Crippen LogP contribution < -0.4 is 5.73 Å². The first-order valence-electron chi connectivity index (χ1n) is 5.55. The summed E-state index contributed by atoms with van der Waals surface area (Å²) in [5.41, 5.74) is 7.21. The zero-order valence-corrected chi connectivity index (χ0v) is 9.36. The van der Waals surface area contributed by atoms with Crippen molar-refractivity contribution in [2.24, 2.45) is 5.73 Å². The molecular formula is C12H20N2O. The number of hydrogen-bond donors (Lipinski definition) is 1. The fourth-order valence-corrected chi connectivity index (χ4v) is 1.52. The van der Waals surface area contributed by atoms with Crippen molar-refractivity contribution in [1.82, 2.24) is 4.98 Å². The lowest BCUT2D eigenvalue weighted by Crippen LogP contribution is -2.23. The van der Waals surface area contributed by atoms with Gasteiger partial charge in [0.2, 0.25) is 0 Å². The van der Waals surface area contributed by atoms with Crippen LogP contribution in [0.3, 0.4) is 0 Å². The molecule has 2 N–H and O–H groups in total. The van der Waals surface area contributed by atoms with Gasteiger partial charge >= 0.3 is 0 Å². The summed E-state index contributed by atoms with van der Waals surface area (Å²) in [6, 6.07) is 4.23. The number of aromatic nitrogens is 1. The Morgan fingerprint density at radius 2 is 2.40 bits per heavy atom. The number of ether oxygens (including phenoxy) is 1. The van der Waals surface area contributed by atoms with E-state index in [0.717, 1.165) is 32.5 Å². The normalized spacial score (nSPS) is 12.7. The van der Waals surface area contributed by atoms with E-state index in [1.54, 1.807) is 6.20 Å². The van der Waals surface area contributed by atoms with E-state index in [9.17, 15) is 0 Å². The Hall–Kier alpha value is -0.930. The van der Waals surface area contributed by atoms with Crippen molar-refractivity contribution in [3.05, 3.63) is 30.1 Å². The molecule has 0 amide bonds. The predicted octanol–water partition coefficient (Wildman–Crippen LogP) is 1.77. The molecule has 0 bridgehead atoms. The average Bonchev–Trinajstić information content (AvgIpc) is 2.26. The minimum Gasteiger partial charge on any atom is -0.382 e. The van der Waals surface area contributed by atoms with Gasteiger partial charge in [0.1, 0.15) is 0 Å². The van der Waals surface area contributed by atoms with E-state index < -0.39 is 0 Å². The van der Waals surface area contributed by atoms with Gasteiger partial charge in [-0.3, -0.25) is 4.98 Å². The monoisotopic (exact) mass is 208 g/mol. The van der Waals surface area contributed by atoms with Crippen LogP contribution in [0.4, 0.5) is 0 Å². The molecule has 0 saturated carbocycles. The van der Waals surface area contributed by atoms with Gasteiger partial charge in [-0.2, -0.15) is 0 Å². The van der Waals surface area contributed by atoms with Crippen LogP contribution in [0, 0.1) is 0 Å². The first-order valence-corrected chi connectivity index (χ1v) is 5.55. The topological polar surface area (TPSA) is 48.1 Å². The molecule has 0 aliphatic carbocycles. The SMILES string of the molecule is CCOCCCC(N)Cc1cccnc1. The summed E-state index contributed by atoms with van der Waals surface area (Å²) in [5.74, 6) is 0. The van der Waals surface area contributed by atoms with E-state index in [1.165, 1.54) is 5.56 Å². The Bertz CT molecular complexity index is 251. The molecular weight excluding hydrogens is 188 g/mol. The molecule has 84 valence electrons. The van der Waals surface area contributed by atoms with Gasteiger partial charge in [-0.1, -0.05) is 6.07 Å². The van der Waals surface area contributed by atoms with Crippen LogP contribution >= 0.6 is 0 Å². The number of pyridine rings is 1. The molecule has 3 nitrogen and oxygen atoms in total. The van der Waals surface area contributed by atoms with E-state index >= 15 is 0 Å². The van der Waals surface area contributed by atoms with Crippen LogP contribution in [0.5, 0.6) is 0 Å². The van der Waals surface area contributed by atoms with Crippen LogP contribution in [0.2, 0.25) is 0 Å². The lowest BCUT2D eigenvalue weighted by atomic mass is 10.0. The highest BCUT2D eigenvalue weighted by Gasteiger charge is 2.03. The highest BCUT2D eigenvalue weighted by Crippen LogP contribution is 2.04. The number of nitrogens with zero attached hydrogens (tertiary/aromatic N) is 1. The number of nitrogens with two attached hydrogens (primary N) is 1. The highest BCUT2D eigenvalue weighted by molar-refractivity contribution is 5.09. The van der Waals surface area contributed by atoms with Crippen molar-refractivity contribution < 1.29 is 4.74 Å². The molecule has 0 aliphatic rings. The van der Waals surface area contributed by atoms with Crippen LogP contribution in [-0.2, 0) is 11.2 Å². The summed E-state index contributed by atoms with van der Waals surface area (Å²) in [6.07, 6.45) is 6.61. The second-order valence-electron chi connectivity index (χ2n) is 3.66. The van der Waals surface area contributed by atoms with Gasteiger partial charge in [-0.25, -0.2) is 0 Å². The summed E-state index contributed by atoms with van der Waals surface area (Å²) < 4.78 is 5.27. The van der Waals surface area contributed by atoms with E-state index in [2.05, 4.69) is 11.1 Å². The van der Waals surface area contributed by atoms with E-state index in [1.807, 2.05) is 19.2 Å². The quantitative estimate of drug-likeness (QED) is 0.695. The zero-order chi connectivity index (χ0) is 10.9. The molecule has 1 aromatic heterocycles. The molecule has 1 rings (SSSR count). The third kappa shape index (κ3) is 5.50. The summed E-state index contributed by atoms with van der Waals surface area (Å²) in [5, 5.41) is 0. The average molecular weight is 208 g/mol. The van der Waals surface area contributed by atoms with Gasteiger partial charge in [0.05, 0.1) is 0 Å². The highest BCUT2D eigenvalue weighted by atomic mass is 16.5. The smallest absolute Gasteiger partial charge is 0.0466 e. The van der Waals surface area contributed by atoms with Gasteiger partial charge < -0.3 is 10.5 Å². The number of hydrogen-bond acceptors (Lipinski definition) is 3. The Kier molecular flexibility index (Phi) is 5.97. The van der Waals surface area contributed by atoms with Gasteiger partial charge in [0.15, 0.2) is 0 Å². The fraction of sp³-hybridized carbons (Fsp3) is 0.583. The van der Waals surface area contributed by atoms with E-state index in [-0.39, 0.29) is 6.04 Å². The first-order chi connectivity index (χ1) is 7.33. The Labute approximate surface area is 91.7 Å². The maximum atomic E-state index is 6.00. The van der Waals surface area contributed by atoms with Crippen molar-refractivity contribution in [1.29, 1.82) is 0 Å². The van der Waals surface area contributed by atoms with Crippen molar-refractivity contribution in [2.75, 3.05) is 13.2 Å². The number of rotatable bonds is 7. The fourth-order valence-electron chi connectivity index (χ4n) is 1.52. The standard InChI is InChI=1S/C12H20N2O/c1-2-15-8-4-6-12(13)9-11-5-3-7-14-10-11/h3,5,7,10,12H,2,4,6,8-9,13H2,1H3. The maximum Gasteiger partial charge on any atom is 0.0466 e. The Balaban J connectivity index is 2.16. The van der Waals surface area contributed by atoms with Gasteiger partial charge in [-0.05, 0) is 37.8 Å². The minimum atomic E-state index is 0.217.